The third-order valence-electron chi connectivity index (χ3n) is 3.22. The van der Waals surface area contributed by atoms with Gasteiger partial charge in [0.05, 0.1) is 11.6 Å². The molecule has 0 radical (unpaired) electrons. The first-order valence-corrected chi connectivity index (χ1v) is 6.00. The molecule has 0 spiro atoms. The van der Waals surface area contributed by atoms with Gasteiger partial charge in [0.2, 0.25) is 0 Å². The molecule has 1 aliphatic rings. The second-order valence-corrected chi connectivity index (χ2v) is 4.55. The van der Waals surface area contributed by atoms with Gasteiger partial charge in [0.1, 0.15) is 0 Å². The third-order valence-corrected chi connectivity index (χ3v) is 3.22. The van der Waals surface area contributed by atoms with E-state index in [4.69, 9.17) is 0 Å². The Morgan fingerprint density at radius 1 is 1.06 bits per heavy atom. The van der Waals surface area contributed by atoms with Gasteiger partial charge in [-0.1, -0.05) is 36.4 Å². The maximum absolute atomic E-state index is 12.4. The third kappa shape index (κ3) is 1.76. The summed E-state index contributed by atoms with van der Waals surface area (Å²) in [6.45, 7) is 2.00. The first-order chi connectivity index (χ1) is 8.75. The standard InChI is InChI=1S/C16H13NO/c1-11-7-8-13-15(9-11)17-10-14(16(13)18)12-5-3-2-4-6-12/h2-10,14H,1H3. The van der Waals surface area contributed by atoms with Crippen molar-refractivity contribution in [2.75, 3.05) is 0 Å². The van der Waals surface area contributed by atoms with E-state index in [1.165, 1.54) is 0 Å². The van der Waals surface area contributed by atoms with Crippen LogP contribution < -0.4 is 0 Å². The maximum Gasteiger partial charge on any atom is 0.177 e. The highest BCUT2D eigenvalue weighted by Gasteiger charge is 2.25. The molecule has 2 nitrogen and oxygen atoms in total. The molecule has 88 valence electrons. The van der Waals surface area contributed by atoms with Crippen molar-refractivity contribution in [2.45, 2.75) is 12.8 Å². The van der Waals surface area contributed by atoms with Crippen LogP contribution in [0.2, 0.25) is 0 Å². The molecular weight excluding hydrogens is 222 g/mol. The number of aryl methyl sites for hydroxylation is 1. The molecule has 3 rings (SSSR count). The molecule has 18 heavy (non-hydrogen) atoms. The molecule has 0 saturated carbocycles. The van der Waals surface area contributed by atoms with Gasteiger partial charge in [-0.15, -0.1) is 0 Å². The number of aliphatic imine (C=N–C) groups is 1. The van der Waals surface area contributed by atoms with Crippen molar-refractivity contribution in [3.8, 4) is 0 Å². The van der Waals surface area contributed by atoms with Gasteiger partial charge in [0.15, 0.2) is 5.78 Å². The molecule has 0 N–H and O–H groups in total. The van der Waals surface area contributed by atoms with Crippen molar-refractivity contribution in [1.82, 2.24) is 0 Å². The van der Waals surface area contributed by atoms with Crippen molar-refractivity contribution in [3.05, 3.63) is 65.2 Å². The number of rotatable bonds is 1. The first kappa shape index (κ1) is 10.9. The Bertz CT molecular complexity index is 629. The fraction of sp³-hybridized carbons (Fsp3) is 0.125. The largest absolute Gasteiger partial charge is 0.293 e. The van der Waals surface area contributed by atoms with E-state index < -0.39 is 0 Å². The van der Waals surface area contributed by atoms with Crippen LogP contribution in [0.4, 0.5) is 5.69 Å². The van der Waals surface area contributed by atoms with Crippen molar-refractivity contribution < 1.29 is 4.79 Å². The van der Waals surface area contributed by atoms with Crippen molar-refractivity contribution in [2.24, 2.45) is 4.99 Å². The maximum atomic E-state index is 12.4. The number of hydrogen-bond acceptors (Lipinski definition) is 2. The fourth-order valence-corrected chi connectivity index (χ4v) is 2.24. The highest BCUT2D eigenvalue weighted by molar-refractivity contribution is 6.15. The Morgan fingerprint density at radius 2 is 1.83 bits per heavy atom. The molecule has 0 aromatic heterocycles. The Kier molecular flexibility index (Phi) is 2.56. The molecular formula is C16H13NO. The Hall–Kier alpha value is -2.22. The molecule has 0 fully saturated rings. The van der Waals surface area contributed by atoms with Crippen LogP contribution in [0.25, 0.3) is 0 Å². The molecule has 2 aromatic carbocycles. The van der Waals surface area contributed by atoms with Gasteiger partial charge in [-0.05, 0) is 30.2 Å². The quantitative estimate of drug-likeness (QED) is 0.741. The van der Waals surface area contributed by atoms with Gasteiger partial charge >= 0.3 is 0 Å². The molecule has 2 aromatic rings. The van der Waals surface area contributed by atoms with Gasteiger partial charge in [-0.3, -0.25) is 9.79 Å². The minimum atomic E-state index is -0.249. The normalized spacial score (nSPS) is 17.6. The number of nitrogens with zero attached hydrogens (tertiary/aromatic N) is 1. The lowest BCUT2D eigenvalue weighted by Gasteiger charge is -2.17. The van der Waals surface area contributed by atoms with E-state index in [2.05, 4.69) is 4.99 Å². The predicted octanol–water partition coefficient (Wildman–Crippen LogP) is 3.68. The summed E-state index contributed by atoms with van der Waals surface area (Å²) < 4.78 is 0. The zero-order chi connectivity index (χ0) is 12.5. The van der Waals surface area contributed by atoms with Crippen molar-refractivity contribution >= 4 is 17.7 Å². The Morgan fingerprint density at radius 3 is 2.61 bits per heavy atom. The minimum Gasteiger partial charge on any atom is -0.293 e. The van der Waals surface area contributed by atoms with Crippen LogP contribution in [0.15, 0.2) is 53.5 Å². The molecule has 1 aliphatic heterocycles. The smallest absolute Gasteiger partial charge is 0.177 e. The van der Waals surface area contributed by atoms with Gasteiger partial charge in [0.25, 0.3) is 0 Å². The fourth-order valence-electron chi connectivity index (χ4n) is 2.24. The van der Waals surface area contributed by atoms with Gasteiger partial charge in [-0.2, -0.15) is 0 Å². The lowest BCUT2D eigenvalue weighted by molar-refractivity contribution is 0.0983. The van der Waals surface area contributed by atoms with Crippen LogP contribution >= 0.6 is 0 Å². The Labute approximate surface area is 106 Å². The van der Waals surface area contributed by atoms with Crippen LogP contribution in [0, 0.1) is 6.92 Å². The van der Waals surface area contributed by atoms with Gasteiger partial charge < -0.3 is 0 Å². The predicted molar refractivity (Wildman–Crippen MR) is 72.8 cm³/mol. The summed E-state index contributed by atoms with van der Waals surface area (Å²) in [7, 11) is 0. The zero-order valence-electron chi connectivity index (χ0n) is 10.1. The second-order valence-electron chi connectivity index (χ2n) is 4.55. The van der Waals surface area contributed by atoms with Crippen LogP contribution in [-0.4, -0.2) is 12.0 Å². The molecule has 1 atom stereocenters. The number of Topliss-reactive ketones (excluding diaryl/α,β-unsaturated/α-hetero) is 1. The number of ketones is 1. The molecule has 0 amide bonds. The molecule has 1 unspecified atom stereocenters. The summed E-state index contributed by atoms with van der Waals surface area (Å²) in [5.41, 5.74) is 3.62. The number of fused-ring (bicyclic) bond motifs is 1. The minimum absolute atomic E-state index is 0.131. The zero-order valence-corrected chi connectivity index (χ0v) is 10.1. The molecule has 2 heteroatoms. The van der Waals surface area contributed by atoms with Crippen LogP contribution in [0.3, 0.4) is 0 Å². The van der Waals surface area contributed by atoms with E-state index in [-0.39, 0.29) is 11.7 Å². The van der Waals surface area contributed by atoms with E-state index >= 15 is 0 Å². The van der Waals surface area contributed by atoms with Crippen LogP contribution in [0.5, 0.6) is 0 Å². The summed E-state index contributed by atoms with van der Waals surface area (Å²) in [6, 6.07) is 15.6. The van der Waals surface area contributed by atoms with Crippen molar-refractivity contribution in [3.63, 3.8) is 0 Å². The Balaban J connectivity index is 2.05. The summed E-state index contributed by atoms with van der Waals surface area (Å²) in [4.78, 5) is 16.9. The highest BCUT2D eigenvalue weighted by Crippen LogP contribution is 2.31. The molecule has 0 aliphatic carbocycles. The summed E-state index contributed by atoms with van der Waals surface area (Å²) >= 11 is 0. The van der Waals surface area contributed by atoms with Gasteiger partial charge in [-0.25, -0.2) is 0 Å². The molecule has 0 saturated heterocycles. The van der Waals surface area contributed by atoms with E-state index in [0.29, 0.717) is 0 Å². The second kappa shape index (κ2) is 4.22. The number of carbonyl (C=O) groups is 1. The number of carbonyl (C=O) groups excluding carboxylic acids is 1. The van der Waals surface area contributed by atoms with Crippen LogP contribution in [0.1, 0.15) is 27.4 Å². The first-order valence-electron chi connectivity index (χ1n) is 6.00. The van der Waals surface area contributed by atoms with E-state index in [1.54, 1.807) is 6.21 Å². The van der Waals surface area contributed by atoms with Crippen LogP contribution in [-0.2, 0) is 0 Å². The van der Waals surface area contributed by atoms with E-state index in [1.807, 2.05) is 55.5 Å². The van der Waals surface area contributed by atoms with E-state index in [9.17, 15) is 4.79 Å². The SMILES string of the molecule is Cc1ccc2c(c1)N=CC(c1ccccc1)C2=O. The average molecular weight is 235 g/mol. The average Bonchev–Trinajstić information content (AvgIpc) is 2.40. The number of benzene rings is 2. The number of hydrogen-bond donors (Lipinski definition) is 0. The lowest BCUT2D eigenvalue weighted by Crippen LogP contribution is -2.17. The van der Waals surface area contributed by atoms with Crippen molar-refractivity contribution in [1.29, 1.82) is 0 Å². The molecule has 0 bridgehead atoms. The topological polar surface area (TPSA) is 29.4 Å². The summed E-state index contributed by atoms with van der Waals surface area (Å²) in [6.07, 6.45) is 1.75. The lowest BCUT2D eigenvalue weighted by atomic mass is 9.88. The monoisotopic (exact) mass is 235 g/mol. The summed E-state index contributed by atoms with van der Waals surface area (Å²) in [5, 5.41) is 0. The van der Waals surface area contributed by atoms with Gasteiger partial charge in [0, 0.05) is 11.8 Å². The van der Waals surface area contributed by atoms with E-state index in [0.717, 1.165) is 22.4 Å². The molecule has 1 heterocycles. The highest BCUT2D eigenvalue weighted by atomic mass is 16.1. The summed E-state index contributed by atoms with van der Waals surface area (Å²) in [5.74, 6) is -0.118.